The van der Waals surface area contributed by atoms with E-state index >= 15 is 0 Å². The highest BCUT2D eigenvalue weighted by molar-refractivity contribution is 5.84. The van der Waals surface area contributed by atoms with Crippen LogP contribution in [-0.2, 0) is 10.2 Å². The Balaban J connectivity index is 1.59. The van der Waals surface area contributed by atoms with Crippen LogP contribution >= 0.6 is 0 Å². The maximum atomic E-state index is 12.5. The second-order valence-electron chi connectivity index (χ2n) is 8.82. The number of nitrogens with zero attached hydrogens (tertiary/aromatic N) is 1. The molecule has 30 heavy (non-hydrogen) atoms. The molecule has 2 aliphatic rings. The Morgan fingerprint density at radius 2 is 1.87 bits per heavy atom. The lowest BCUT2D eigenvalue weighted by Gasteiger charge is -2.49. The summed E-state index contributed by atoms with van der Waals surface area (Å²) in [6.07, 6.45) is 8.29. The molecule has 2 heterocycles. The summed E-state index contributed by atoms with van der Waals surface area (Å²) >= 11 is 0. The van der Waals surface area contributed by atoms with E-state index in [0.29, 0.717) is 6.42 Å². The molecule has 4 nitrogen and oxygen atoms in total. The van der Waals surface area contributed by atoms with Gasteiger partial charge < -0.3 is 15.0 Å². The van der Waals surface area contributed by atoms with Crippen molar-refractivity contribution in [2.45, 2.75) is 57.5 Å². The van der Waals surface area contributed by atoms with Gasteiger partial charge in [-0.3, -0.25) is 4.79 Å². The zero-order valence-corrected chi connectivity index (χ0v) is 18.3. The third-order valence-electron chi connectivity index (χ3n) is 6.55. The number of nitrogens with one attached hydrogen (secondary N) is 1. The van der Waals surface area contributed by atoms with Gasteiger partial charge >= 0.3 is 0 Å². The molecule has 0 spiro atoms. The maximum Gasteiger partial charge on any atom is 0.223 e. The van der Waals surface area contributed by atoms with Gasteiger partial charge in [-0.1, -0.05) is 70.0 Å². The van der Waals surface area contributed by atoms with Gasteiger partial charge in [0.15, 0.2) is 0 Å². The number of carbonyl (C=O) groups excluding carboxylic acids is 1. The van der Waals surface area contributed by atoms with E-state index in [-0.39, 0.29) is 11.3 Å². The molecular formula is C26H32N2O2. The van der Waals surface area contributed by atoms with Crippen molar-refractivity contribution in [1.82, 2.24) is 5.32 Å². The summed E-state index contributed by atoms with van der Waals surface area (Å²) in [6.45, 7) is 8.12. The Morgan fingerprint density at radius 1 is 1.10 bits per heavy atom. The first-order valence-corrected chi connectivity index (χ1v) is 11.1. The monoisotopic (exact) mass is 404 g/mol. The molecular weight excluding hydrogens is 372 g/mol. The largest absolute Gasteiger partial charge is 0.494 e. The molecule has 0 radical (unpaired) electrons. The normalized spacial score (nSPS) is 22.0. The van der Waals surface area contributed by atoms with Crippen LogP contribution in [0.4, 0.5) is 5.69 Å². The SMILES string of the molecule is CCCCCOc1ccc(/C=C/[C@]23NC(=O)CCN2c2ccccc2C3(C)C)cc1. The van der Waals surface area contributed by atoms with Crippen LogP contribution in [0, 0.1) is 0 Å². The lowest BCUT2D eigenvalue weighted by Crippen LogP contribution is -2.68. The highest BCUT2D eigenvalue weighted by atomic mass is 16.5. The van der Waals surface area contributed by atoms with E-state index in [0.717, 1.165) is 30.9 Å². The number of para-hydroxylation sites is 1. The topological polar surface area (TPSA) is 41.6 Å². The quantitative estimate of drug-likeness (QED) is 0.638. The Bertz CT molecular complexity index is 932. The van der Waals surface area contributed by atoms with E-state index in [1.165, 1.54) is 24.1 Å². The molecule has 2 aliphatic heterocycles. The number of rotatable bonds is 7. The number of hydrogen-bond donors (Lipinski definition) is 1. The van der Waals surface area contributed by atoms with Crippen LogP contribution < -0.4 is 15.0 Å². The minimum absolute atomic E-state index is 0.104. The molecule has 0 aliphatic carbocycles. The van der Waals surface area contributed by atoms with Gasteiger partial charge in [0.25, 0.3) is 0 Å². The number of hydrogen-bond acceptors (Lipinski definition) is 3. The van der Waals surface area contributed by atoms with Gasteiger partial charge in [0.1, 0.15) is 11.4 Å². The van der Waals surface area contributed by atoms with Crippen molar-refractivity contribution in [3.63, 3.8) is 0 Å². The lowest BCUT2D eigenvalue weighted by atomic mass is 9.74. The van der Waals surface area contributed by atoms with E-state index in [2.05, 4.69) is 79.5 Å². The summed E-state index contributed by atoms with van der Waals surface area (Å²) in [5.74, 6) is 1.01. The van der Waals surface area contributed by atoms with Crippen molar-refractivity contribution in [2.75, 3.05) is 18.1 Å². The van der Waals surface area contributed by atoms with E-state index < -0.39 is 5.66 Å². The Labute approximate surface area is 179 Å². The third kappa shape index (κ3) is 3.49. The van der Waals surface area contributed by atoms with Crippen LogP contribution in [0.5, 0.6) is 5.75 Å². The zero-order chi connectivity index (χ0) is 21.2. The van der Waals surface area contributed by atoms with Crippen molar-refractivity contribution < 1.29 is 9.53 Å². The van der Waals surface area contributed by atoms with Gasteiger partial charge in [0.2, 0.25) is 5.91 Å². The second-order valence-corrected chi connectivity index (χ2v) is 8.82. The molecule has 4 heteroatoms. The molecule has 1 fully saturated rings. The first-order valence-electron chi connectivity index (χ1n) is 11.1. The molecule has 1 saturated heterocycles. The number of ether oxygens (including phenoxy) is 1. The first kappa shape index (κ1) is 20.5. The van der Waals surface area contributed by atoms with Crippen LogP contribution in [0.25, 0.3) is 6.08 Å². The van der Waals surface area contributed by atoms with Crippen LogP contribution in [-0.4, -0.2) is 24.7 Å². The Kier molecular flexibility index (Phi) is 5.59. The summed E-state index contributed by atoms with van der Waals surface area (Å²) in [5.41, 5.74) is 2.76. The molecule has 2 aromatic rings. The number of amides is 1. The zero-order valence-electron chi connectivity index (χ0n) is 18.3. The fourth-order valence-corrected chi connectivity index (χ4v) is 4.75. The summed E-state index contributed by atoms with van der Waals surface area (Å²) in [6, 6.07) is 16.7. The molecule has 0 bridgehead atoms. The van der Waals surface area contributed by atoms with E-state index in [1.54, 1.807) is 0 Å². The summed E-state index contributed by atoms with van der Waals surface area (Å²) in [7, 11) is 0. The molecule has 2 aromatic carbocycles. The number of fused-ring (bicyclic) bond motifs is 3. The standard InChI is InChI=1S/C26H32N2O2/c1-4-5-8-19-30-21-13-11-20(12-14-21)15-17-26-25(2,3)22-9-6-7-10-23(22)28(26)18-16-24(29)27-26/h6-7,9-15,17H,4-5,8,16,18-19H2,1-3H3,(H,27,29)/b17-15+/t26-/m0/s1. The van der Waals surface area contributed by atoms with Gasteiger partial charge in [-0.15, -0.1) is 0 Å². The van der Waals surface area contributed by atoms with Crippen molar-refractivity contribution in [3.8, 4) is 5.75 Å². The predicted molar refractivity (Wildman–Crippen MR) is 123 cm³/mol. The van der Waals surface area contributed by atoms with E-state index in [1.807, 2.05) is 12.1 Å². The smallest absolute Gasteiger partial charge is 0.223 e. The minimum Gasteiger partial charge on any atom is -0.494 e. The number of unbranched alkanes of at least 4 members (excludes halogenated alkanes) is 2. The first-order chi connectivity index (χ1) is 14.5. The molecule has 4 rings (SSSR count). The highest BCUT2D eigenvalue weighted by Gasteiger charge is 2.57. The number of anilines is 1. The van der Waals surface area contributed by atoms with Gasteiger partial charge in [-0.2, -0.15) is 0 Å². The van der Waals surface area contributed by atoms with Gasteiger partial charge in [0.05, 0.1) is 6.61 Å². The highest BCUT2D eigenvalue weighted by Crippen LogP contribution is 2.52. The van der Waals surface area contributed by atoms with E-state index in [4.69, 9.17) is 4.74 Å². The van der Waals surface area contributed by atoms with Crippen LogP contribution in [0.1, 0.15) is 57.6 Å². The molecule has 1 atom stereocenters. The average molecular weight is 405 g/mol. The van der Waals surface area contributed by atoms with Crippen molar-refractivity contribution in [1.29, 1.82) is 0 Å². The van der Waals surface area contributed by atoms with Gasteiger partial charge in [-0.05, 0) is 41.8 Å². The molecule has 0 unspecified atom stereocenters. The van der Waals surface area contributed by atoms with Crippen molar-refractivity contribution in [3.05, 3.63) is 65.7 Å². The molecule has 0 aromatic heterocycles. The molecule has 0 saturated carbocycles. The number of carbonyl (C=O) groups is 1. The fraction of sp³-hybridized carbons (Fsp3) is 0.423. The van der Waals surface area contributed by atoms with Crippen molar-refractivity contribution in [2.24, 2.45) is 0 Å². The van der Waals surface area contributed by atoms with Crippen molar-refractivity contribution >= 4 is 17.7 Å². The second kappa shape index (κ2) is 8.17. The summed E-state index contributed by atoms with van der Waals surface area (Å²) in [4.78, 5) is 14.8. The Hall–Kier alpha value is -2.75. The summed E-state index contributed by atoms with van der Waals surface area (Å²) in [5, 5.41) is 3.33. The van der Waals surface area contributed by atoms with Crippen LogP contribution in [0.2, 0.25) is 0 Å². The third-order valence-corrected chi connectivity index (χ3v) is 6.55. The molecule has 1 N–H and O–H groups in total. The van der Waals surface area contributed by atoms with Gasteiger partial charge in [0, 0.05) is 24.1 Å². The minimum atomic E-state index is -0.568. The summed E-state index contributed by atoms with van der Waals surface area (Å²) < 4.78 is 5.83. The maximum absolute atomic E-state index is 12.5. The fourth-order valence-electron chi connectivity index (χ4n) is 4.75. The van der Waals surface area contributed by atoms with Gasteiger partial charge in [-0.25, -0.2) is 0 Å². The van der Waals surface area contributed by atoms with Crippen LogP contribution in [0.15, 0.2) is 54.6 Å². The average Bonchev–Trinajstić information content (AvgIpc) is 2.94. The predicted octanol–water partition coefficient (Wildman–Crippen LogP) is 5.28. The Morgan fingerprint density at radius 3 is 2.63 bits per heavy atom. The molecule has 158 valence electrons. The number of benzene rings is 2. The van der Waals surface area contributed by atoms with Crippen LogP contribution in [0.3, 0.4) is 0 Å². The van der Waals surface area contributed by atoms with E-state index in [9.17, 15) is 4.79 Å². The lowest BCUT2D eigenvalue weighted by molar-refractivity contribution is -0.124. The molecule has 1 amide bonds.